The zero-order chi connectivity index (χ0) is 21.1. The molecule has 0 N–H and O–H groups in total. The highest BCUT2D eigenvalue weighted by molar-refractivity contribution is 5.98. The zero-order valence-electron chi connectivity index (χ0n) is 17.6. The second kappa shape index (κ2) is 8.36. The number of aromatic nitrogens is 3. The Hall–Kier alpha value is -3.33. The van der Waals surface area contributed by atoms with Gasteiger partial charge in [0.15, 0.2) is 0 Å². The summed E-state index contributed by atoms with van der Waals surface area (Å²) in [6.07, 6.45) is 5.39. The molecule has 0 aliphatic heterocycles. The van der Waals surface area contributed by atoms with Crippen molar-refractivity contribution in [1.82, 2.24) is 14.0 Å². The van der Waals surface area contributed by atoms with Gasteiger partial charge in [-0.2, -0.15) is 5.26 Å². The van der Waals surface area contributed by atoms with Crippen LogP contribution in [0.1, 0.15) is 42.1 Å². The van der Waals surface area contributed by atoms with E-state index in [-0.39, 0.29) is 12.2 Å². The maximum Gasteiger partial charge on any atom is 0.349 e. The standard InChI is InChI=1S/C23H26N4O2/c1-15(2)11-27-17(4)8-19(18(27)5)9-20(10-24)23(28)29-14-21-13-26-12-16(3)6-7-22(26)25-21/h6-9,12-13,15H,11,14H2,1-5H3/b20-9+. The number of ether oxygens (including phenoxy) is 1. The summed E-state index contributed by atoms with van der Waals surface area (Å²) in [5.41, 5.74) is 5.52. The minimum absolute atomic E-state index is 0.0188. The van der Waals surface area contributed by atoms with Crippen LogP contribution < -0.4 is 0 Å². The van der Waals surface area contributed by atoms with Crippen LogP contribution in [0, 0.1) is 38.0 Å². The molecule has 0 spiro atoms. The van der Waals surface area contributed by atoms with E-state index < -0.39 is 5.97 Å². The maximum atomic E-state index is 12.4. The van der Waals surface area contributed by atoms with E-state index in [1.807, 2.05) is 61.8 Å². The summed E-state index contributed by atoms with van der Waals surface area (Å²) in [6.45, 7) is 11.3. The number of carbonyl (C=O) groups excluding carboxylic acids is 1. The molecule has 0 saturated heterocycles. The quantitative estimate of drug-likeness (QED) is 0.356. The number of hydrogen-bond acceptors (Lipinski definition) is 4. The number of aryl methyl sites for hydroxylation is 2. The normalized spacial score (nSPS) is 11.8. The smallest absolute Gasteiger partial charge is 0.349 e. The highest BCUT2D eigenvalue weighted by atomic mass is 16.5. The van der Waals surface area contributed by atoms with Crippen molar-refractivity contribution in [2.45, 2.75) is 47.8 Å². The first kappa shape index (κ1) is 20.4. The van der Waals surface area contributed by atoms with E-state index in [9.17, 15) is 10.1 Å². The van der Waals surface area contributed by atoms with Crippen LogP contribution in [0.5, 0.6) is 0 Å². The van der Waals surface area contributed by atoms with Gasteiger partial charge in [0.1, 0.15) is 23.9 Å². The number of rotatable bonds is 6. The van der Waals surface area contributed by atoms with Crippen LogP contribution in [-0.4, -0.2) is 19.9 Å². The van der Waals surface area contributed by atoms with Crippen molar-refractivity contribution in [3.05, 3.63) is 64.4 Å². The van der Waals surface area contributed by atoms with Gasteiger partial charge in [-0.05, 0) is 56.0 Å². The molecule has 0 radical (unpaired) electrons. The summed E-state index contributed by atoms with van der Waals surface area (Å²) in [5, 5.41) is 9.47. The molecule has 0 aromatic carbocycles. The third-order valence-corrected chi connectivity index (χ3v) is 4.80. The van der Waals surface area contributed by atoms with Gasteiger partial charge in [0.25, 0.3) is 0 Å². The number of carbonyl (C=O) groups is 1. The van der Waals surface area contributed by atoms with Crippen molar-refractivity contribution < 1.29 is 9.53 Å². The Morgan fingerprint density at radius 2 is 2.03 bits per heavy atom. The Balaban J connectivity index is 1.75. The number of nitrogens with zero attached hydrogens (tertiary/aromatic N) is 4. The Bertz CT molecular complexity index is 1130. The van der Waals surface area contributed by atoms with Crippen LogP contribution >= 0.6 is 0 Å². The lowest BCUT2D eigenvalue weighted by atomic mass is 10.1. The Labute approximate surface area is 171 Å². The van der Waals surface area contributed by atoms with Gasteiger partial charge in [0.05, 0.1) is 5.69 Å². The van der Waals surface area contributed by atoms with Gasteiger partial charge >= 0.3 is 5.97 Å². The molecule has 0 fully saturated rings. The summed E-state index contributed by atoms with van der Waals surface area (Å²) in [4.78, 5) is 16.9. The van der Waals surface area contributed by atoms with Gasteiger partial charge < -0.3 is 13.7 Å². The highest BCUT2D eigenvalue weighted by Gasteiger charge is 2.15. The van der Waals surface area contributed by atoms with Crippen LogP contribution in [0.25, 0.3) is 11.7 Å². The Morgan fingerprint density at radius 3 is 2.72 bits per heavy atom. The van der Waals surface area contributed by atoms with E-state index in [0.717, 1.165) is 34.7 Å². The second-order valence-electron chi connectivity index (χ2n) is 7.78. The molecule has 0 aliphatic carbocycles. The molecule has 3 aromatic heterocycles. The van der Waals surface area contributed by atoms with Crippen molar-refractivity contribution in [3.8, 4) is 6.07 Å². The number of fused-ring (bicyclic) bond motifs is 1. The van der Waals surface area contributed by atoms with Crippen LogP contribution in [0.2, 0.25) is 0 Å². The van der Waals surface area contributed by atoms with Gasteiger partial charge in [-0.1, -0.05) is 19.9 Å². The number of imidazole rings is 1. The third-order valence-electron chi connectivity index (χ3n) is 4.80. The summed E-state index contributed by atoms with van der Waals surface area (Å²) in [6, 6.07) is 7.85. The van der Waals surface area contributed by atoms with Crippen molar-refractivity contribution >= 4 is 17.7 Å². The predicted octanol–water partition coefficient (Wildman–Crippen LogP) is 4.37. The predicted molar refractivity (Wildman–Crippen MR) is 112 cm³/mol. The van der Waals surface area contributed by atoms with Crippen molar-refractivity contribution in [2.24, 2.45) is 5.92 Å². The fraction of sp³-hybridized carbons (Fsp3) is 0.348. The van der Waals surface area contributed by atoms with Crippen LogP contribution in [0.3, 0.4) is 0 Å². The van der Waals surface area contributed by atoms with Gasteiger partial charge in [-0.25, -0.2) is 9.78 Å². The lowest BCUT2D eigenvalue weighted by molar-refractivity contribution is -0.139. The summed E-state index contributed by atoms with van der Waals surface area (Å²) in [7, 11) is 0. The molecule has 0 saturated carbocycles. The molecule has 6 heteroatoms. The minimum Gasteiger partial charge on any atom is -0.455 e. The number of nitriles is 1. The van der Waals surface area contributed by atoms with Crippen molar-refractivity contribution in [3.63, 3.8) is 0 Å². The molecule has 29 heavy (non-hydrogen) atoms. The van der Waals surface area contributed by atoms with Gasteiger partial charge in [-0.3, -0.25) is 0 Å². The third kappa shape index (κ3) is 4.57. The summed E-state index contributed by atoms with van der Waals surface area (Å²) >= 11 is 0. The molecule has 150 valence electrons. The molecule has 0 aliphatic rings. The Kier molecular flexibility index (Phi) is 5.88. The molecule has 0 atom stereocenters. The first-order chi connectivity index (χ1) is 13.8. The molecule has 0 bridgehead atoms. The van der Waals surface area contributed by atoms with E-state index in [1.54, 1.807) is 6.08 Å². The highest BCUT2D eigenvalue weighted by Crippen LogP contribution is 2.20. The molecule has 6 nitrogen and oxygen atoms in total. The van der Waals surface area contributed by atoms with Crippen molar-refractivity contribution in [1.29, 1.82) is 5.26 Å². The molecule has 3 aromatic rings. The van der Waals surface area contributed by atoms with Gasteiger partial charge in [0, 0.05) is 30.3 Å². The second-order valence-corrected chi connectivity index (χ2v) is 7.78. The summed E-state index contributed by atoms with van der Waals surface area (Å²) in [5.74, 6) is -0.138. The number of pyridine rings is 1. The van der Waals surface area contributed by atoms with E-state index in [1.165, 1.54) is 0 Å². The lowest BCUT2D eigenvalue weighted by Crippen LogP contribution is -2.08. The van der Waals surface area contributed by atoms with Crippen LogP contribution in [-0.2, 0) is 22.7 Å². The zero-order valence-corrected chi connectivity index (χ0v) is 17.6. The van der Waals surface area contributed by atoms with Crippen molar-refractivity contribution in [2.75, 3.05) is 0 Å². The molecule has 0 unspecified atom stereocenters. The average Bonchev–Trinajstić information content (AvgIpc) is 3.18. The molecule has 3 rings (SSSR count). The first-order valence-electron chi connectivity index (χ1n) is 9.68. The van der Waals surface area contributed by atoms with E-state index in [0.29, 0.717) is 11.6 Å². The van der Waals surface area contributed by atoms with Crippen LogP contribution in [0.15, 0.2) is 36.2 Å². The number of hydrogen-bond donors (Lipinski definition) is 0. The Morgan fingerprint density at radius 1 is 1.28 bits per heavy atom. The number of esters is 1. The lowest BCUT2D eigenvalue weighted by Gasteiger charge is -2.12. The molecule has 3 heterocycles. The van der Waals surface area contributed by atoms with E-state index >= 15 is 0 Å². The maximum absolute atomic E-state index is 12.4. The van der Waals surface area contributed by atoms with E-state index in [4.69, 9.17) is 4.74 Å². The monoisotopic (exact) mass is 390 g/mol. The first-order valence-corrected chi connectivity index (χ1v) is 9.68. The topological polar surface area (TPSA) is 72.3 Å². The largest absolute Gasteiger partial charge is 0.455 e. The van der Waals surface area contributed by atoms with Gasteiger partial charge in [0.2, 0.25) is 0 Å². The molecular formula is C23H26N4O2. The average molecular weight is 390 g/mol. The molecular weight excluding hydrogens is 364 g/mol. The van der Waals surface area contributed by atoms with Gasteiger partial charge in [-0.15, -0.1) is 0 Å². The fourth-order valence-corrected chi connectivity index (χ4v) is 3.35. The van der Waals surface area contributed by atoms with Crippen LogP contribution in [0.4, 0.5) is 0 Å². The SMILES string of the molecule is Cc1ccc2nc(COC(=O)/C(C#N)=C/c3cc(C)n(CC(C)C)c3C)cn2c1. The molecule has 0 amide bonds. The van der Waals surface area contributed by atoms with E-state index in [2.05, 4.69) is 23.4 Å². The summed E-state index contributed by atoms with van der Waals surface area (Å²) < 4.78 is 9.44. The fourth-order valence-electron chi connectivity index (χ4n) is 3.35. The minimum atomic E-state index is -0.644.